The molecule has 2 N–H and O–H groups in total. The third kappa shape index (κ3) is 1.82. The summed E-state index contributed by atoms with van der Waals surface area (Å²) < 4.78 is 4.96. The van der Waals surface area contributed by atoms with Gasteiger partial charge >= 0.3 is 0 Å². The summed E-state index contributed by atoms with van der Waals surface area (Å²) >= 11 is 0. The van der Waals surface area contributed by atoms with E-state index in [0.29, 0.717) is 17.6 Å². The average Bonchev–Trinajstić information content (AvgIpc) is 2.49. The predicted molar refractivity (Wildman–Crippen MR) is 45.4 cm³/mol. The second-order valence-electron chi connectivity index (χ2n) is 3.09. The molecule has 0 aromatic carbocycles. The molecule has 1 aromatic heterocycles. The van der Waals surface area contributed by atoms with E-state index in [9.17, 15) is 0 Å². The van der Waals surface area contributed by atoms with E-state index >= 15 is 0 Å². The summed E-state index contributed by atoms with van der Waals surface area (Å²) in [5.41, 5.74) is 5.87. The van der Waals surface area contributed by atoms with Crippen molar-refractivity contribution < 1.29 is 4.52 Å². The van der Waals surface area contributed by atoms with Gasteiger partial charge in [0.2, 0.25) is 5.89 Å². The summed E-state index contributed by atoms with van der Waals surface area (Å²) in [6.45, 7) is 5.95. The third-order valence-corrected chi connectivity index (χ3v) is 2.09. The fourth-order valence-electron chi connectivity index (χ4n) is 0.946. The van der Waals surface area contributed by atoms with Gasteiger partial charge in [-0.15, -0.1) is 0 Å². The van der Waals surface area contributed by atoms with Gasteiger partial charge in [0.25, 0.3) is 0 Å². The molecule has 4 heteroatoms. The fraction of sp³-hybridized carbons (Fsp3) is 0.750. The Morgan fingerprint density at radius 3 is 2.67 bits per heavy atom. The van der Waals surface area contributed by atoms with E-state index in [0.717, 1.165) is 6.42 Å². The Balaban J connectivity index is 2.70. The average molecular weight is 169 g/mol. The molecule has 0 aliphatic rings. The van der Waals surface area contributed by atoms with Gasteiger partial charge in [0.1, 0.15) is 0 Å². The van der Waals surface area contributed by atoms with Crippen molar-refractivity contribution in [2.75, 3.05) is 0 Å². The summed E-state index contributed by atoms with van der Waals surface area (Å²) in [5, 5.41) is 3.69. The lowest BCUT2D eigenvalue weighted by Crippen LogP contribution is -2.18. The maximum Gasteiger partial charge on any atom is 0.243 e. The van der Waals surface area contributed by atoms with E-state index in [4.69, 9.17) is 10.3 Å². The number of aromatic nitrogens is 2. The molecule has 0 aliphatic carbocycles. The lowest BCUT2D eigenvalue weighted by molar-refractivity contribution is 0.311. The predicted octanol–water partition coefficient (Wildman–Crippen LogP) is 1.42. The smallest absolute Gasteiger partial charge is 0.243 e. The van der Waals surface area contributed by atoms with Crippen molar-refractivity contribution >= 4 is 0 Å². The van der Waals surface area contributed by atoms with E-state index in [1.807, 2.05) is 0 Å². The molecule has 0 radical (unpaired) electrons. The van der Waals surface area contributed by atoms with Crippen LogP contribution in [0.3, 0.4) is 0 Å². The van der Waals surface area contributed by atoms with Gasteiger partial charge in [0.05, 0.1) is 6.04 Å². The SMILES string of the molecule is CC[C@H](C)[C@H](N)c1nc(C)no1. The Morgan fingerprint density at radius 1 is 1.58 bits per heavy atom. The monoisotopic (exact) mass is 169 g/mol. The Labute approximate surface area is 72.1 Å². The van der Waals surface area contributed by atoms with E-state index in [1.165, 1.54) is 0 Å². The van der Waals surface area contributed by atoms with Crippen LogP contribution in [0.15, 0.2) is 4.52 Å². The number of rotatable bonds is 3. The molecular weight excluding hydrogens is 154 g/mol. The zero-order chi connectivity index (χ0) is 9.14. The standard InChI is InChI=1S/C8H15N3O/c1-4-5(2)7(9)8-10-6(3)11-12-8/h5,7H,4,9H2,1-3H3/t5-,7-/m0/s1. The molecular formula is C8H15N3O. The minimum Gasteiger partial charge on any atom is -0.338 e. The van der Waals surface area contributed by atoms with Gasteiger partial charge in [-0.2, -0.15) is 4.98 Å². The first-order valence-electron chi connectivity index (χ1n) is 4.21. The van der Waals surface area contributed by atoms with Crippen LogP contribution in [-0.2, 0) is 0 Å². The molecule has 68 valence electrons. The number of hydrogen-bond donors (Lipinski definition) is 1. The van der Waals surface area contributed by atoms with Crippen LogP contribution < -0.4 is 5.73 Å². The third-order valence-electron chi connectivity index (χ3n) is 2.09. The summed E-state index contributed by atoms with van der Waals surface area (Å²) in [4.78, 5) is 4.08. The van der Waals surface area contributed by atoms with Crippen LogP contribution in [0, 0.1) is 12.8 Å². The van der Waals surface area contributed by atoms with Crippen LogP contribution in [0.1, 0.15) is 38.0 Å². The molecule has 12 heavy (non-hydrogen) atoms. The van der Waals surface area contributed by atoms with Crippen molar-refractivity contribution in [3.63, 3.8) is 0 Å². The Morgan fingerprint density at radius 2 is 2.25 bits per heavy atom. The van der Waals surface area contributed by atoms with Crippen LogP contribution in [0.5, 0.6) is 0 Å². The van der Waals surface area contributed by atoms with Gasteiger partial charge in [0, 0.05) is 0 Å². The molecule has 0 saturated carbocycles. The van der Waals surface area contributed by atoms with Gasteiger partial charge < -0.3 is 10.3 Å². The van der Waals surface area contributed by atoms with Crippen molar-refractivity contribution in [2.24, 2.45) is 11.7 Å². The molecule has 0 amide bonds. The second-order valence-corrected chi connectivity index (χ2v) is 3.09. The van der Waals surface area contributed by atoms with Crippen molar-refractivity contribution in [3.8, 4) is 0 Å². The van der Waals surface area contributed by atoms with Crippen molar-refractivity contribution in [2.45, 2.75) is 33.2 Å². The molecule has 0 saturated heterocycles. The number of aryl methyl sites for hydroxylation is 1. The lowest BCUT2D eigenvalue weighted by Gasteiger charge is -2.12. The zero-order valence-electron chi connectivity index (χ0n) is 7.74. The van der Waals surface area contributed by atoms with Crippen LogP contribution in [0.2, 0.25) is 0 Å². The topological polar surface area (TPSA) is 64.9 Å². The van der Waals surface area contributed by atoms with E-state index < -0.39 is 0 Å². The van der Waals surface area contributed by atoms with Crippen molar-refractivity contribution in [1.82, 2.24) is 10.1 Å². The first-order chi connectivity index (χ1) is 5.65. The number of hydrogen-bond acceptors (Lipinski definition) is 4. The highest BCUT2D eigenvalue weighted by atomic mass is 16.5. The number of nitrogens with zero attached hydrogens (tertiary/aromatic N) is 2. The highest BCUT2D eigenvalue weighted by Gasteiger charge is 2.18. The minimum atomic E-state index is -0.129. The molecule has 0 spiro atoms. The highest BCUT2D eigenvalue weighted by molar-refractivity contribution is 4.91. The summed E-state index contributed by atoms with van der Waals surface area (Å²) in [6.07, 6.45) is 1.02. The molecule has 1 aromatic rings. The molecule has 2 atom stereocenters. The molecule has 0 unspecified atom stereocenters. The van der Waals surface area contributed by atoms with Gasteiger partial charge in [-0.25, -0.2) is 0 Å². The molecule has 0 aliphatic heterocycles. The molecule has 4 nitrogen and oxygen atoms in total. The maximum absolute atomic E-state index is 5.87. The van der Waals surface area contributed by atoms with Gasteiger partial charge in [-0.05, 0) is 12.8 Å². The molecule has 0 bridgehead atoms. The van der Waals surface area contributed by atoms with Crippen LogP contribution in [0.4, 0.5) is 0 Å². The second kappa shape index (κ2) is 3.67. The quantitative estimate of drug-likeness (QED) is 0.743. The normalized spacial score (nSPS) is 16.0. The van der Waals surface area contributed by atoms with Crippen molar-refractivity contribution in [3.05, 3.63) is 11.7 Å². The molecule has 1 heterocycles. The van der Waals surface area contributed by atoms with Gasteiger partial charge in [0.15, 0.2) is 5.82 Å². The highest BCUT2D eigenvalue weighted by Crippen LogP contribution is 2.19. The molecule has 1 rings (SSSR count). The maximum atomic E-state index is 5.87. The lowest BCUT2D eigenvalue weighted by atomic mass is 10.0. The summed E-state index contributed by atoms with van der Waals surface area (Å²) in [7, 11) is 0. The Bertz CT molecular complexity index is 246. The zero-order valence-corrected chi connectivity index (χ0v) is 7.74. The first kappa shape index (κ1) is 9.19. The van der Waals surface area contributed by atoms with Gasteiger partial charge in [-0.1, -0.05) is 25.4 Å². The summed E-state index contributed by atoms with van der Waals surface area (Å²) in [5.74, 6) is 1.57. The van der Waals surface area contributed by atoms with Crippen LogP contribution >= 0.6 is 0 Å². The van der Waals surface area contributed by atoms with Crippen LogP contribution in [0.25, 0.3) is 0 Å². The summed E-state index contributed by atoms with van der Waals surface area (Å²) in [6, 6.07) is -0.129. The van der Waals surface area contributed by atoms with E-state index in [2.05, 4.69) is 24.0 Å². The fourth-order valence-corrected chi connectivity index (χ4v) is 0.946. The van der Waals surface area contributed by atoms with E-state index in [1.54, 1.807) is 6.92 Å². The first-order valence-corrected chi connectivity index (χ1v) is 4.21. The van der Waals surface area contributed by atoms with Crippen LogP contribution in [-0.4, -0.2) is 10.1 Å². The largest absolute Gasteiger partial charge is 0.338 e. The molecule has 0 fully saturated rings. The Kier molecular flexibility index (Phi) is 2.81. The Hall–Kier alpha value is -0.900. The number of nitrogens with two attached hydrogens (primary N) is 1. The van der Waals surface area contributed by atoms with E-state index in [-0.39, 0.29) is 6.04 Å². The van der Waals surface area contributed by atoms with Crippen molar-refractivity contribution in [1.29, 1.82) is 0 Å². The minimum absolute atomic E-state index is 0.129. The van der Waals surface area contributed by atoms with Gasteiger partial charge in [-0.3, -0.25) is 0 Å².